The summed E-state index contributed by atoms with van der Waals surface area (Å²) in [7, 11) is -3.73. The largest absolute Gasteiger partial charge is 0.302 e. The van der Waals surface area contributed by atoms with Crippen LogP contribution < -0.4 is 10.0 Å². The van der Waals surface area contributed by atoms with Crippen molar-refractivity contribution in [1.29, 1.82) is 0 Å². The molecule has 1 aromatic heterocycles. The molecule has 2 aromatic carbocycles. The minimum atomic E-state index is -3.73. The third-order valence-corrected chi connectivity index (χ3v) is 6.60. The number of halogens is 2. The number of amides is 1. The number of benzene rings is 2. The molecule has 0 aliphatic carbocycles. The van der Waals surface area contributed by atoms with E-state index in [0.29, 0.717) is 0 Å². The number of carbonyl (C=O) groups is 1. The van der Waals surface area contributed by atoms with Crippen LogP contribution in [-0.2, 0) is 14.8 Å². The quantitative estimate of drug-likeness (QED) is 0.568. The highest BCUT2D eigenvalue weighted by Gasteiger charge is 2.16. The highest BCUT2D eigenvalue weighted by Crippen LogP contribution is 2.27. The molecule has 30 heavy (non-hydrogen) atoms. The van der Waals surface area contributed by atoms with Crippen LogP contribution in [-0.4, -0.2) is 25.9 Å². The molecule has 0 spiro atoms. The van der Waals surface area contributed by atoms with E-state index in [1.165, 1.54) is 11.4 Å². The van der Waals surface area contributed by atoms with Crippen LogP contribution in [0.2, 0.25) is 0 Å². The Kier molecular flexibility index (Phi) is 6.59. The lowest BCUT2D eigenvalue weighted by molar-refractivity contribution is -0.116. The molecule has 3 rings (SSSR count). The SMILES string of the molecule is Cc1ccc(S(=O)(=O)NCCC(=O)Nc2nc(-c3cc(F)ccc3F)cs2)cc1C. The van der Waals surface area contributed by atoms with Gasteiger partial charge in [-0.2, -0.15) is 0 Å². The van der Waals surface area contributed by atoms with Crippen molar-refractivity contribution in [1.82, 2.24) is 9.71 Å². The predicted molar refractivity (Wildman–Crippen MR) is 112 cm³/mol. The molecule has 0 radical (unpaired) electrons. The van der Waals surface area contributed by atoms with Crippen LogP contribution in [0.4, 0.5) is 13.9 Å². The third kappa shape index (κ3) is 5.26. The Morgan fingerprint density at radius 3 is 2.60 bits per heavy atom. The van der Waals surface area contributed by atoms with Gasteiger partial charge in [0.05, 0.1) is 10.6 Å². The van der Waals surface area contributed by atoms with Crippen LogP contribution in [0, 0.1) is 25.5 Å². The van der Waals surface area contributed by atoms with Crippen molar-refractivity contribution in [2.75, 3.05) is 11.9 Å². The molecule has 6 nitrogen and oxygen atoms in total. The first-order valence-electron chi connectivity index (χ1n) is 8.93. The van der Waals surface area contributed by atoms with Gasteiger partial charge >= 0.3 is 0 Å². The first-order chi connectivity index (χ1) is 14.2. The first-order valence-corrected chi connectivity index (χ1v) is 11.3. The Hall–Kier alpha value is -2.69. The molecule has 0 bridgehead atoms. The monoisotopic (exact) mass is 451 g/mol. The van der Waals surface area contributed by atoms with E-state index < -0.39 is 27.6 Å². The second-order valence-electron chi connectivity index (χ2n) is 6.60. The summed E-state index contributed by atoms with van der Waals surface area (Å²) in [6, 6.07) is 7.83. The Morgan fingerprint density at radius 1 is 1.10 bits per heavy atom. The van der Waals surface area contributed by atoms with Gasteiger partial charge in [-0.05, 0) is 55.3 Å². The summed E-state index contributed by atoms with van der Waals surface area (Å²) < 4.78 is 54.2. The fraction of sp³-hybridized carbons (Fsp3) is 0.200. The van der Waals surface area contributed by atoms with E-state index in [1.807, 2.05) is 13.8 Å². The van der Waals surface area contributed by atoms with Crippen molar-refractivity contribution < 1.29 is 22.0 Å². The summed E-state index contributed by atoms with van der Waals surface area (Å²) in [5, 5.41) is 4.23. The molecule has 0 saturated heterocycles. The highest BCUT2D eigenvalue weighted by molar-refractivity contribution is 7.89. The molecule has 0 fully saturated rings. The van der Waals surface area contributed by atoms with Crippen molar-refractivity contribution >= 4 is 32.4 Å². The third-order valence-electron chi connectivity index (χ3n) is 4.39. The number of aromatic nitrogens is 1. The molecule has 2 N–H and O–H groups in total. The van der Waals surface area contributed by atoms with Gasteiger partial charge in [-0.1, -0.05) is 6.07 Å². The summed E-state index contributed by atoms with van der Waals surface area (Å²) in [4.78, 5) is 16.3. The van der Waals surface area contributed by atoms with E-state index in [9.17, 15) is 22.0 Å². The Morgan fingerprint density at radius 2 is 1.87 bits per heavy atom. The summed E-state index contributed by atoms with van der Waals surface area (Å²) in [5.41, 5.74) is 2.02. The van der Waals surface area contributed by atoms with E-state index in [-0.39, 0.29) is 34.2 Å². The number of carbonyl (C=O) groups excluding carboxylic acids is 1. The maximum atomic E-state index is 13.8. The number of hydrogen-bond donors (Lipinski definition) is 2. The number of sulfonamides is 1. The number of anilines is 1. The van der Waals surface area contributed by atoms with E-state index in [1.54, 1.807) is 12.1 Å². The normalized spacial score (nSPS) is 11.5. The summed E-state index contributed by atoms with van der Waals surface area (Å²) in [6.45, 7) is 3.60. The van der Waals surface area contributed by atoms with Gasteiger partial charge in [0.15, 0.2) is 5.13 Å². The van der Waals surface area contributed by atoms with Crippen molar-refractivity contribution in [3.63, 3.8) is 0 Å². The van der Waals surface area contributed by atoms with Crippen molar-refractivity contribution in [3.8, 4) is 11.3 Å². The average molecular weight is 452 g/mol. The van der Waals surface area contributed by atoms with E-state index in [2.05, 4.69) is 15.0 Å². The Labute approximate surface area is 177 Å². The van der Waals surface area contributed by atoms with Crippen LogP contribution in [0.3, 0.4) is 0 Å². The lowest BCUT2D eigenvalue weighted by Crippen LogP contribution is -2.28. The Bertz CT molecular complexity index is 1190. The molecule has 0 unspecified atom stereocenters. The topological polar surface area (TPSA) is 88.2 Å². The molecule has 0 saturated carbocycles. The molecular formula is C20H19F2N3O3S2. The number of rotatable bonds is 7. The van der Waals surface area contributed by atoms with Crippen molar-refractivity contribution in [2.45, 2.75) is 25.2 Å². The Balaban J connectivity index is 1.57. The van der Waals surface area contributed by atoms with Crippen LogP contribution >= 0.6 is 11.3 Å². The molecular weight excluding hydrogens is 432 g/mol. The zero-order valence-electron chi connectivity index (χ0n) is 16.2. The molecule has 10 heteroatoms. The van der Waals surface area contributed by atoms with Crippen LogP contribution in [0.15, 0.2) is 46.7 Å². The van der Waals surface area contributed by atoms with Gasteiger partial charge in [0, 0.05) is 23.9 Å². The molecule has 158 valence electrons. The van der Waals surface area contributed by atoms with Crippen molar-refractivity contribution in [2.24, 2.45) is 0 Å². The number of thiazole rings is 1. The summed E-state index contributed by atoms with van der Waals surface area (Å²) in [5.74, 6) is -1.68. The molecule has 1 amide bonds. The summed E-state index contributed by atoms with van der Waals surface area (Å²) >= 11 is 1.06. The number of nitrogens with zero attached hydrogens (tertiary/aromatic N) is 1. The predicted octanol–water partition coefficient (Wildman–Crippen LogP) is 4.01. The molecule has 3 aromatic rings. The van der Waals surface area contributed by atoms with Gasteiger partial charge in [0.2, 0.25) is 15.9 Å². The molecule has 1 heterocycles. The van der Waals surface area contributed by atoms with Gasteiger partial charge in [0.1, 0.15) is 11.6 Å². The van der Waals surface area contributed by atoms with Gasteiger partial charge in [-0.15, -0.1) is 11.3 Å². The average Bonchev–Trinajstić information content (AvgIpc) is 3.13. The zero-order valence-corrected chi connectivity index (χ0v) is 17.8. The lowest BCUT2D eigenvalue weighted by Gasteiger charge is -2.08. The standard InChI is InChI=1S/C20H19F2N3O3S2/c1-12-3-5-15(9-13(12)2)30(27,28)23-8-7-19(26)25-20-24-18(11-29-20)16-10-14(21)4-6-17(16)22/h3-6,9-11,23H,7-8H2,1-2H3,(H,24,25,26). The van der Waals surface area contributed by atoms with E-state index >= 15 is 0 Å². The minimum Gasteiger partial charge on any atom is -0.302 e. The second kappa shape index (κ2) is 8.99. The lowest BCUT2D eigenvalue weighted by atomic mass is 10.1. The second-order valence-corrected chi connectivity index (χ2v) is 9.23. The molecule has 0 atom stereocenters. The smallest absolute Gasteiger partial charge is 0.240 e. The van der Waals surface area contributed by atoms with Crippen LogP contribution in [0.5, 0.6) is 0 Å². The van der Waals surface area contributed by atoms with Crippen LogP contribution in [0.25, 0.3) is 11.3 Å². The number of nitrogens with one attached hydrogen (secondary N) is 2. The van der Waals surface area contributed by atoms with Gasteiger partial charge < -0.3 is 5.32 Å². The maximum Gasteiger partial charge on any atom is 0.240 e. The molecule has 0 aliphatic heterocycles. The number of aryl methyl sites for hydroxylation is 2. The van der Waals surface area contributed by atoms with E-state index in [4.69, 9.17) is 0 Å². The van der Waals surface area contributed by atoms with E-state index in [0.717, 1.165) is 40.7 Å². The maximum absolute atomic E-state index is 13.8. The number of hydrogen-bond acceptors (Lipinski definition) is 5. The highest BCUT2D eigenvalue weighted by atomic mass is 32.2. The fourth-order valence-corrected chi connectivity index (χ4v) is 4.44. The minimum absolute atomic E-state index is 0.00657. The summed E-state index contributed by atoms with van der Waals surface area (Å²) in [6.07, 6.45) is -0.118. The first kappa shape index (κ1) is 22.0. The molecule has 0 aliphatic rings. The van der Waals surface area contributed by atoms with Gasteiger partial charge in [-0.3, -0.25) is 4.79 Å². The van der Waals surface area contributed by atoms with Gasteiger partial charge in [-0.25, -0.2) is 26.9 Å². The van der Waals surface area contributed by atoms with Crippen LogP contribution in [0.1, 0.15) is 17.5 Å². The van der Waals surface area contributed by atoms with Crippen molar-refractivity contribution in [3.05, 3.63) is 64.5 Å². The fourth-order valence-electron chi connectivity index (χ4n) is 2.59. The zero-order chi connectivity index (χ0) is 21.9. The van der Waals surface area contributed by atoms with Gasteiger partial charge in [0.25, 0.3) is 0 Å².